The molecule has 2 aromatic rings. The van der Waals surface area contributed by atoms with Crippen molar-refractivity contribution in [3.8, 4) is 0 Å². The van der Waals surface area contributed by atoms with Crippen molar-refractivity contribution in [2.24, 2.45) is 5.92 Å². The lowest BCUT2D eigenvalue weighted by Gasteiger charge is -2.32. The van der Waals surface area contributed by atoms with E-state index in [-0.39, 0.29) is 6.10 Å². The van der Waals surface area contributed by atoms with Crippen molar-refractivity contribution >= 4 is 11.8 Å². The van der Waals surface area contributed by atoms with Gasteiger partial charge in [0.2, 0.25) is 0 Å². The molecule has 1 aliphatic heterocycles. The van der Waals surface area contributed by atoms with Crippen LogP contribution in [0.15, 0.2) is 42.9 Å². The van der Waals surface area contributed by atoms with E-state index in [4.69, 9.17) is 9.47 Å². The van der Waals surface area contributed by atoms with Gasteiger partial charge in [0, 0.05) is 25.3 Å². The van der Waals surface area contributed by atoms with Crippen LogP contribution in [0.2, 0.25) is 0 Å². The first-order chi connectivity index (χ1) is 11.8. The fourth-order valence-electron chi connectivity index (χ4n) is 3.02. The molecule has 0 bridgehead atoms. The molecule has 0 radical (unpaired) electrons. The zero-order chi connectivity index (χ0) is 16.8. The lowest BCUT2D eigenvalue weighted by atomic mass is 9.89. The van der Waals surface area contributed by atoms with Gasteiger partial charge in [-0.2, -0.15) is 0 Å². The van der Waals surface area contributed by atoms with Gasteiger partial charge in [0.05, 0.1) is 13.2 Å². The predicted octanol–water partition coefficient (Wildman–Crippen LogP) is 2.84. The van der Waals surface area contributed by atoms with Crippen LogP contribution in [0.5, 0.6) is 0 Å². The molecule has 1 saturated heterocycles. The summed E-state index contributed by atoms with van der Waals surface area (Å²) in [7, 11) is 1.35. The van der Waals surface area contributed by atoms with Crippen LogP contribution < -0.4 is 5.32 Å². The second kappa shape index (κ2) is 7.88. The molecule has 126 valence electrons. The Morgan fingerprint density at radius 1 is 1.38 bits per heavy atom. The van der Waals surface area contributed by atoms with Crippen molar-refractivity contribution in [2.45, 2.75) is 18.9 Å². The van der Waals surface area contributed by atoms with Crippen LogP contribution >= 0.6 is 0 Å². The molecule has 6 nitrogen and oxygen atoms in total. The van der Waals surface area contributed by atoms with Crippen molar-refractivity contribution in [2.75, 3.05) is 25.6 Å². The topological polar surface area (TPSA) is 73.3 Å². The lowest BCUT2D eigenvalue weighted by Crippen LogP contribution is -2.29. The molecule has 0 aliphatic carbocycles. The van der Waals surface area contributed by atoms with Gasteiger partial charge in [-0.3, -0.25) is 0 Å². The molecule has 2 atom stereocenters. The standard InChI is InChI=1S/C18H21N3O3/c1-23-18(22)15-11-19-12-21-17(15)20-10-14-8-5-9-24-16(14)13-6-3-2-4-7-13/h2-4,6-7,11-12,14,16H,5,8-10H2,1H3,(H,19,20,21)/t14-,16-/m0/s1. The Morgan fingerprint density at radius 2 is 2.21 bits per heavy atom. The minimum Gasteiger partial charge on any atom is -0.465 e. The largest absolute Gasteiger partial charge is 0.465 e. The summed E-state index contributed by atoms with van der Waals surface area (Å²) < 4.78 is 10.8. The predicted molar refractivity (Wildman–Crippen MR) is 89.7 cm³/mol. The van der Waals surface area contributed by atoms with Gasteiger partial charge in [-0.05, 0) is 18.4 Å². The van der Waals surface area contributed by atoms with E-state index >= 15 is 0 Å². The molecule has 1 aromatic heterocycles. The number of nitrogens with zero attached hydrogens (tertiary/aromatic N) is 2. The van der Waals surface area contributed by atoms with Crippen molar-refractivity contribution in [1.82, 2.24) is 9.97 Å². The number of benzene rings is 1. The summed E-state index contributed by atoms with van der Waals surface area (Å²) in [6.07, 6.45) is 5.03. The molecule has 2 heterocycles. The summed E-state index contributed by atoms with van der Waals surface area (Å²) in [5.41, 5.74) is 1.52. The van der Waals surface area contributed by atoms with Crippen LogP contribution in [-0.2, 0) is 9.47 Å². The van der Waals surface area contributed by atoms with Crippen LogP contribution in [0, 0.1) is 5.92 Å². The van der Waals surface area contributed by atoms with Crippen LogP contribution in [0.1, 0.15) is 34.9 Å². The van der Waals surface area contributed by atoms with E-state index in [9.17, 15) is 4.79 Å². The van der Waals surface area contributed by atoms with Gasteiger partial charge in [-0.1, -0.05) is 30.3 Å². The zero-order valence-corrected chi connectivity index (χ0v) is 13.6. The Bertz CT molecular complexity index is 678. The summed E-state index contributed by atoms with van der Waals surface area (Å²) in [5.74, 6) is 0.355. The summed E-state index contributed by atoms with van der Waals surface area (Å²) in [4.78, 5) is 19.9. The highest BCUT2D eigenvalue weighted by atomic mass is 16.5. The molecule has 1 aromatic carbocycles. The van der Waals surface area contributed by atoms with E-state index in [0.717, 1.165) is 19.4 Å². The molecule has 1 N–H and O–H groups in total. The number of hydrogen-bond donors (Lipinski definition) is 1. The summed E-state index contributed by atoms with van der Waals surface area (Å²) in [6, 6.07) is 10.2. The van der Waals surface area contributed by atoms with E-state index in [1.54, 1.807) is 0 Å². The van der Waals surface area contributed by atoms with E-state index in [2.05, 4.69) is 27.4 Å². The number of nitrogens with one attached hydrogen (secondary N) is 1. The van der Waals surface area contributed by atoms with Gasteiger partial charge in [-0.15, -0.1) is 0 Å². The maximum Gasteiger partial charge on any atom is 0.343 e. The number of anilines is 1. The number of hydrogen-bond acceptors (Lipinski definition) is 6. The highest BCUT2D eigenvalue weighted by Crippen LogP contribution is 2.33. The lowest BCUT2D eigenvalue weighted by molar-refractivity contribution is -0.0238. The van der Waals surface area contributed by atoms with Gasteiger partial charge in [0.1, 0.15) is 17.7 Å². The minimum absolute atomic E-state index is 0.0517. The van der Waals surface area contributed by atoms with Crippen molar-refractivity contribution < 1.29 is 14.3 Å². The molecule has 3 rings (SSSR count). The third-order valence-corrected chi connectivity index (χ3v) is 4.22. The molecular formula is C18H21N3O3. The van der Waals surface area contributed by atoms with Crippen molar-refractivity contribution in [3.05, 3.63) is 54.0 Å². The van der Waals surface area contributed by atoms with Gasteiger partial charge in [0.25, 0.3) is 0 Å². The Hall–Kier alpha value is -2.47. The molecular weight excluding hydrogens is 306 g/mol. The summed E-state index contributed by atoms with van der Waals surface area (Å²) in [5, 5.41) is 3.27. The second-order valence-electron chi connectivity index (χ2n) is 5.76. The maximum absolute atomic E-state index is 11.8. The van der Waals surface area contributed by atoms with Crippen LogP contribution in [0.25, 0.3) is 0 Å². The van der Waals surface area contributed by atoms with Crippen molar-refractivity contribution in [1.29, 1.82) is 0 Å². The van der Waals surface area contributed by atoms with Crippen LogP contribution in [-0.4, -0.2) is 36.2 Å². The molecule has 0 amide bonds. The summed E-state index contributed by atoms with van der Waals surface area (Å²) in [6.45, 7) is 1.44. The molecule has 0 saturated carbocycles. The highest BCUT2D eigenvalue weighted by Gasteiger charge is 2.27. The SMILES string of the molecule is COC(=O)c1cncnc1NC[C@@H]1CCCO[C@H]1c1ccccc1. The quantitative estimate of drug-likeness (QED) is 0.851. The summed E-state index contributed by atoms with van der Waals surface area (Å²) >= 11 is 0. The fourth-order valence-corrected chi connectivity index (χ4v) is 3.02. The molecule has 1 fully saturated rings. The third-order valence-electron chi connectivity index (χ3n) is 4.22. The molecule has 6 heteroatoms. The van der Waals surface area contributed by atoms with Gasteiger partial charge in [0.15, 0.2) is 0 Å². The number of aromatic nitrogens is 2. The highest BCUT2D eigenvalue weighted by molar-refractivity contribution is 5.94. The van der Waals surface area contributed by atoms with Crippen molar-refractivity contribution in [3.63, 3.8) is 0 Å². The molecule has 1 aliphatic rings. The number of methoxy groups -OCH3 is 1. The van der Waals surface area contributed by atoms with Gasteiger partial charge < -0.3 is 14.8 Å². The Morgan fingerprint density at radius 3 is 3.00 bits per heavy atom. The average molecular weight is 327 g/mol. The fraction of sp³-hybridized carbons (Fsp3) is 0.389. The maximum atomic E-state index is 11.8. The van der Waals surface area contributed by atoms with E-state index < -0.39 is 5.97 Å². The second-order valence-corrected chi connectivity index (χ2v) is 5.76. The first kappa shape index (κ1) is 16.4. The number of rotatable bonds is 5. The van der Waals surface area contributed by atoms with Crippen LogP contribution in [0.3, 0.4) is 0 Å². The Balaban J connectivity index is 1.72. The van der Waals surface area contributed by atoms with Gasteiger partial charge >= 0.3 is 5.97 Å². The number of ether oxygens (including phenoxy) is 2. The first-order valence-corrected chi connectivity index (χ1v) is 8.08. The Kier molecular flexibility index (Phi) is 5.38. The average Bonchev–Trinajstić information content (AvgIpc) is 2.67. The smallest absolute Gasteiger partial charge is 0.343 e. The normalized spacial score (nSPS) is 20.4. The van der Waals surface area contributed by atoms with E-state index in [1.165, 1.54) is 25.2 Å². The first-order valence-electron chi connectivity index (χ1n) is 8.08. The zero-order valence-electron chi connectivity index (χ0n) is 13.6. The number of carbonyl (C=O) groups is 1. The minimum atomic E-state index is -0.447. The Labute approximate surface area is 141 Å². The monoisotopic (exact) mass is 327 g/mol. The van der Waals surface area contributed by atoms with Gasteiger partial charge in [-0.25, -0.2) is 14.8 Å². The molecule has 24 heavy (non-hydrogen) atoms. The van der Waals surface area contributed by atoms with Crippen LogP contribution in [0.4, 0.5) is 5.82 Å². The molecule has 0 unspecified atom stereocenters. The number of carbonyl (C=O) groups excluding carboxylic acids is 1. The third kappa shape index (κ3) is 3.71. The molecule has 0 spiro atoms. The van der Waals surface area contributed by atoms with E-state index in [1.807, 2.05) is 18.2 Å². The van der Waals surface area contributed by atoms with E-state index in [0.29, 0.717) is 23.8 Å². The number of esters is 1.